The maximum absolute atomic E-state index is 13.3. The van der Waals surface area contributed by atoms with Crippen LogP contribution >= 0.6 is 11.3 Å². The van der Waals surface area contributed by atoms with Crippen LogP contribution in [0.1, 0.15) is 46.1 Å². The Morgan fingerprint density at radius 1 is 1.08 bits per heavy atom. The lowest BCUT2D eigenvalue weighted by Crippen LogP contribution is -2.37. The summed E-state index contributed by atoms with van der Waals surface area (Å²) in [4.78, 5) is 16.3. The molecule has 3 heteroatoms. The Hall–Kier alpha value is -2.13. The van der Waals surface area contributed by atoms with Crippen LogP contribution in [0.5, 0.6) is 0 Å². The molecule has 1 amide bonds. The van der Waals surface area contributed by atoms with E-state index in [9.17, 15) is 4.79 Å². The van der Waals surface area contributed by atoms with Gasteiger partial charge >= 0.3 is 0 Å². The number of carbonyl (C=O) groups is 1. The summed E-state index contributed by atoms with van der Waals surface area (Å²) in [5, 5.41) is 1.23. The van der Waals surface area contributed by atoms with Gasteiger partial charge in [0.2, 0.25) is 0 Å². The van der Waals surface area contributed by atoms with Gasteiger partial charge in [-0.15, -0.1) is 11.3 Å². The van der Waals surface area contributed by atoms with E-state index in [1.807, 2.05) is 0 Å². The Labute approximate surface area is 159 Å². The molecule has 0 atom stereocenters. The summed E-state index contributed by atoms with van der Waals surface area (Å²) in [7, 11) is 0. The van der Waals surface area contributed by atoms with Crippen molar-refractivity contribution in [1.82, 2.24) is 4.90 Å². The summed E-state index contributed by atoms with van der Waals surface area (Å²) < 4.78 is 1.21. The molecule has 0 unspecified atom stereocenters. The normalized spacial score (nSPS) is 15.5. The molecule has 0 spiro atoms. The van der Waals surface area contributed by atoms with Crippen LogP contribution in [0.4, 0.5) is 0 Å². The Kier molecular flexibility index (Phi) is 4.82. The number of likely N-dealkylation sites (tertiary alicyclic amines) is 1. The van der Waals surface area contributed by atoms with Gasteiger partial charge in [-0.25, -0.2) is 0 Å². The van der Waals surface area contributed by atoms with Gasteiger partial charge in [-0.05, 0) is 54.7 Å². The third kappa shape index (κ3) is 3.41. The van der Waals surface area contributed by atoms with Gasteiger partial charge in [0.1, 0.15) is 0 Å². The molecule has 1 aliphatic heterocycles. The largest absolute Gasteiger partial charge is 0.338 e. The number of benzene rings is 2. The van der Waals surface area contributed by atoms with Gasteiger partial charge in [-0.1, -0.05) is 55.0 Å². The van der Waals surface area contributed by atoms with Crippen molar-refractivity contribution < 1.29 is 4.79 Å². The number of hydrogen-bond donors (Lipinski definition) is 0. The molecule has 2 aromatic carbocycles. The van der Waals surface area contributed by atoms with E-state index >= 15 is 0 Å². The number of aryl methyl sites for hydroxylation is 1. The van der Waals surface area contributed by atoms with Crippen molar-refractivity contribution in [1.29, 1.82) is 0 Å². The fourth-order valence-corrected chi connectivity index (χ4v) is 4.90. The number of nitrogens with zero attached hydrogens (tertiary/aromatic N) is 1. The van der Waals surface area contributed by atoms with Crippen LogP contribution in [0, 0.1) is 12.8 Å². The van der Waals surface area contributed by atoms with Gasteiger partial charge in [0.25, 0.3) is 5.91 Å². The van der Waals surface area contributed by atoms with E-state index in [0.29, 0.717) is 0 Å². The molecule has 2 heterocycles. The molecule has 0 N–H and O–H groups in total. The van der Waals surface area contributed by atoms with E-state index in [0.717, 1.165) is 43.1 Å². The molecule has 1 fully saturated rings. The van der Waals surface area contributed by atoms with E-state index in [1.165, 1.54) is 26.8 Å². The molecular weight excluding hydrogens is 338 g/mol. The first-order valence-corrected chi connectivity index (χ1v) is 10.3. The first kappa shape index (κ1) is 17.3. The molecule has 3 aromatic rings. The molecule has 0 saturated carbocycles. The molecule has 134 valence electrons. The second kappa shape index (κ2) is 7.24. The minimum atomic E-state index is 0.222. The van der Waals surface area contributed by atoms with Gasteiger partial charge in [0.05, 0.1) is 4.88 Å². The van der Waals surface area contributed by atoms with Crippen LogP contribution in [0.25, 0.3) is 10.1 Å². The summed E-state index contributed by atoms with van der Waals surface area (Å²) in [6, 6.07) is 17.1. The highest BCUT2D eigenvalue weighted by Crippen LogP contribution is 2.34. The van der Waals surface area contributed by atoms with Crippen molar-refractivity contribution in [2.24, 2.45) is 5.92 Å². The minimum absolute atomic E-state index is 0.222. The Morgan fingerprint density at radius 2 is 1.77 bits per heavy atom. The number of piperidine rings is 1. The summed E-state index contributed by atoms with van der Waals surface area (Å²) in [5.74, 6) is 0.952. The molecule has 1 aromatic heterocycles. The van der Waals surface area contributed by atoms with Crippen molar-refractivity contribution in [2.75, 3.05) is 13.1 Å². The fraction of sp³-hybridized carbons (Fsp3) is 0.348. The highest BCUT2D eigenvalue weighted by atomic mass is 32.1. The first-order valence-electron chi connectivity index (χ1n) is 9.47. The molecule has 0 aliphatic carbocycles. The van der Waals surface area contributed by atoms with Crippen LogP contribution in [0.3, 0.4) is 0 Å². The Morgan fingerprint density at radius 3 is 2.50 bits per heavy atom. The molecule has 0 radical (unpaired) electrons. The van der Waals surface area contributed by atoms with Crippen LogP contribution in [-0.4, -0.2) is 23.9 Å². The minimum Gasteiger partial charge on any atom is -0.338 e. The van der Waals surface area contributed by atoms with Crippen molar-refractivity contribution >= 4 is 27.3 Å². The summed E-state index contributed by atoms with van der Waals surface area (Å²) in [6.45, 7) is 6.16. The highest BCUT2D eigenvalue weighted by Gasteiger charge is 2.26. The van der Waals surface area contributed by atoms with Gasteiger partial charge in [-0.2, -0.15) is 0 Å². The zero-order chi connectivity index (χ0) is 18.1. The maximum Gasteiger partial charge on any atom is 0.264 e. The predicted octanol–water partition coefficient (Wildman–Crippen LogP) is 5.67. The number of carbonyl (C=O) groups excluding carboxylic acids is 1. The standard InChI is InChI=1S/C23H25NOS/c1-16-7-9-18(10-8-16)15-20-19-5-3-4-6-21(19)26-22(20)23(25)24-13-11-17(2)12-14-24/h3-10,17H,11-15H2,1-2H3. The lowest BCUT2D eigenvalue weighted by molar-refractivity contribution is 0.0701. The molecule has 0 bridgehead atoms. The quantitative estimate of drug-likeness (QED) is 0.587. The SMILES string of the molecule is Cc1ccc(Cc2c(C(=O)N3CCC(C)CC3)sc3ccccc23)cc1. The van der Waals surface area contributed by atoms with E-state index in [-0.39, 0.29) is 5.91 Å². The topological polar surface area (TPSA) is 20.3 Å². The van der Waals surface area contributed by atoms with Crippen LogP contribution in [-0.2, 0) is 6.42 Å². The smallest absolute Gasteiger partial charge is 0.264 e. The number of rotatable bonds is 3. The van der Waals surface area contributed by atoms with E-state index in [2.05, 4.69) is 67.3 Å². The summed E-state index contributed by atoms with van der Waals surface area (Å²) in [6.07, 6.45) is 3.05. The van der Waals surface area contributed by atoms with Gasteiger partial charge in [0, 0.05) is 17.8 Å². The second-order valence-electron chi connectivity index (χ2n) is 7.54. The predicted molar refractivity (Wildman–Crippen MR) is 110 cm³/mol. The van der Waals surface area contributed by atoms with Crippen LogP contribution in [0.2, 0.25) is 0 Å². The lowest BCUT2D eigenvalue weighted by Gasteiger charge is -2.30. The van der Waals surface area contributed by atoms with Gasteiger partial charge < -0.3 is 4.90 Å². The van der Waals surface area contributed by atoms with Crippen molar-refractivity contribution in [2.45, 2.75) is 33.1 Å². The number of hydrogen-bond acceptors (Lipinski definition) is 2. The zero-order valence-electron chi connectivity index (χ0n) is 15.5. The van der Waals surface area contributed by atoms with E-state index < -0.39 is 0 Å². The van der Waals surface area contributed by atoms with Gasteiger partial charge in [0.15, 0.2) is 0 Å². The number of amides is 1. The van der Waals surface area contributed by atoms with Crippen molar-refractivity contribution in [3.63, 3.8) is 0 Å². The monoisotopic (exact) mass is 363 g/mol. The van der Waals surface area contributed by atoms with Gasteiger partial charge in [-0.3, -0.25) is 4.79 Å². The average molecular weight is 364 g/mol. The molecule has 2 nitrogen and oxygen atoms in total. The molecule has 4 rings (SSSR count). The zero-order valence-corrected chi connectivity index (χ0v) is 16.3. The van der Waals surface area contributed by atoms with Crippen molar-refractivity contribution in [3.8, 4) is 0 Å². The second-order valence-corrected chi connectivity index (χ2v) is 8.60. The molecule has 1 saturated heterocycles. The number of thiophene rings is 1. The molecule has 1 aliphatic rings. The summed E-state index contributed by atoms with van der Waals surface area (Å²) in [5.41, 5.74) is 3.72. The van der Waals surface area contributed by atoms with Crippen molar-refractivity contribution in [3.05, 3.63) is 70.1 Å². The third-order valence-corrected chi connectivity index (χ3v) is 6.67. The average Bonchev–Trinajstić information content (AvgIpc) is 3.02. The lowest BCUT2D eigenvalue weighted by atomic mass is 9.98. The number of fused-ring (bicyclic) bond motifs is 1. The Bertz CT molecular complexity index is 917. The Balaban J connectivity index is 1.71. The molecule has 26 heavy (non-hydrogen) atoms. The van der Waals surface area contributed by atoms with E-state index in [1.54, 1.807) is 11.3 Å². The van der Waals surface area contributed by atoms with Crippen LogP contribution < -0.4 is 0 Å². The fourth-order valence-electron chi connectivity index (χ4n) is 3.71. The highest BCUT2D eigenvalue weighted by molar-refractivity contribution is 7.21. The maximum atomic E-state index is 13.3. The first-order chi connectivity index (χ1) is 12.6. The third-order valence-electron chi connectivity index (χ3n) is 5.46. The summed E-state index contributed by atoms with van der Waals surface area (Å²) >= 11 is 1.66. The molecular formula is C23H25NOS. The van der Waals surface area contributed by atoms with Crippen LogP contribution in [0.15, 0.2) is 48.5 Å². The van der Waals surface area contributed by atoms with E-state index in [4.69, 9.17) is 0 Å².